The molecule has 1 aliphatic heterocycles. The molecule has 0 bridgehead atoms. The van der Waals surface area contributed by atoms with Crippen LogP contribution in [0.3, 0.4) is 0 Å². The molecule has 12 heteroatoms. The van der Waals surface area contributed by atoms with Crippen LogP contribution in [-0.2, 0) is 0 Å². The zero-order valence-electron chi connectivity index (χ0n) is 24.9. The predicted molar refractivity (Wildman–Crippen MR) is 161 cm³/mol. The average molecular weight is 631 g/mol. The molecule has 3 aromatic heterocycles. The molecule has 1 saturated heterocycles. The number of pyridine rings is 1. The molecule has 44 heavy (non-hydrogen) atoms. The number of nitrogens with one attached hydrogen (secondary N) is 1. The van der Waals surface area contributed by atoms with E-state index in [0.717, 1.165) is 72.9 Å². The van der Waals surface area contributed by atoms with Crippen LogP contribution in [0.15, 0.2) is 36.8 Å². The lowest BCUT2D eigenvalue weighted by Gasteiger charge is -2.43. The van der Waals surface area contributed by atoms with Gasteiger partial charge in [0.15, 0.2) is 0 Å². The first-order chi connectivity index (χ1) is 21.0. The van der Waals surface area contributed by atoms with Gasteiger partial charge in [0.05, 0.1) is 35.9 Å². The topological polar surface area (TPSA) is 93.0 Å². The Hall–Kier alpha value is -3.57. The molecule has 1 aromatic carbocycles. The van der Waals surface area contributed by atoms with E-state index in [4.69, 9.17) is 16.7 Å². The Balaban J connectivity index is 1.27. The van der Waals surface area contributed by atoms with E-state index in [1.165, 1.54) is 0 Å². The number of H-pyrrole nitrogens is 1. The zero-order chi connectivity index (χ0) is 31.3. The minimum atomic E-state index is -3.09. The smallest absolute Gasteiger partial charge is 0.435 e. The van der Waals surface area contributed by atoms with E-state index in [1.807, 2.05) is 19.2 Å². The van der Waals surface area contributed by atoms with Crippen LogP contribution in [0.2, 0.25) is 5.02 Å². The fourth-order valence-electron chi connectivity index (χ4n) is 7.76. The Morgan fingerprint density at radius 3 is 2.61 bits per heavy atom. The number of amides is 1. The minimum Gasteiger partial charge on any atom is -0.435 e. The highest BCUT2D eigenvalue weighted by molar-refractivity contribution is 6.31. The highest BCUT2D eigenvalue weighted by Crippen LogP contribution is 2.43. The number of quaternary nitrogens is 1. The molecule has 0 spiro atoms. The number of ether oxygens (including phenoxy) is 1. The lowest BCUT2D eigenvalue weighted by atomic mass is 9.88. The summed E-state index contributed by atoms with van der Waals surface area (Å²) in [7, 11) is 0. The van der Waals surface area contributed by atoms with Gasteiger partial charge in [0.25, 0.3) is 0 Å². The van der Waals surface area contributed by atoms with Crippen LogP contribution >= 0.6 is 11.6 Å². The second kappa shape index (κ2) is 11.7. The van der Waals surface area contributed by atoms with Crippen molar-refractivity contribution in [1.82, 2.24) is 19.7 Å². The summed E-state index contributed by atoms with van der Waals surface area (Å²) in [5.41, 5.74) is 4.16. The maximum absolute atomic E-state index is 14.4. The third-order valence-corrected chi connectivity index (χ3v) is 10.5. The summed E-state index contributed by atoms with van der Waals surface area (Å²) in [6, 6.07) is 4.57. The van der Waals surface area contributed by atoms with Crippen molar-refractivity contribution in [3.8, 4) is 16.9 Å². The van der Waals surface area contributed by atoms with Crippen LogP contribution < -0.4 is 4.74 Å². The molecule has 2 N–H and O–H groups in total. The number of aromatic amines is 1. The van der Waals surface area contributed by atoms with Crippen LogP contribution in [-0.4, -0.2) is 60.7 Å². The highest BCUT2D eigenvalue weighted by Gasteiger charge is 2.52. The molecule has 2 aliphatic rings. The van der Waals surface area contributed by atoms with Crippen molar-refractivity contribution < 1.29 is 32.3 Å². The van der Waals surface area contributed by atoms with Gasteiger partial charge in [-0.3, -0.25) is 4.68 Å². The number of carbonyl (C=O) groups is 1. The first kappa shape index (κ1) is 30.5. The van der Waals surface area contributed by atoms with Crippen LogP contribution in [0.4, 0.5) is 18.0 Å². The summed E-state index contributed by atoms with van der Waals surface area (Å²) >= 11 is 6.28. The molecule has 234 valence electrons. The molecular weight excluding hydrogens is 595 g/mol. The number of likely N-dealkylation sites (tertiary alicyclic amines) is 1. The predicted octanol–water partition coefficient (Wildman–Crippen LogP) is 8.44. The van der Waals surface area contributed by atoms with E-state index in [-0.39, 0.29) is 38.9 Å². The Bertz CT molecular complexity index is 1700. The van der Waals surface area contributed by atoms with Gasteiger partial charge in [0.1, 0.15) is 17.2 Å². The van der Waals surface area contributed by atoms with E-state index in [2.05, 4.69) is 26.3 Å². The van der Waals surface area contributed by atoms with Crippen molar-refractivity contribution in [2.24, 2.45) is 0 Å². The third-order valence-electron chi connectivity index (χ3n) is 10.1. The Morgan fingerprint density at radius 2 is 1.95 bits per heavy atom. The van der Waals surface area contributed by atoms with Crippen LogP contribution in [0.5, 0.6) is 5.75 Å². The number of rotatable bonds is 7. The fraction of sp³-hybridized carbons (Fsp3) is 0.469. The number of aromatic nitrogens is 4. The van der Waals surface area contributed by atoms with Gasteiger partial charge < -0.3 is 14.8 Å². The van der Waals surface area contributed by atoms with Crippen molar-refractivity contribution in [2.75, 3.05) is 6.54 Å². The van der Waals surface area contributed by atoms with Crippen molar-refractivity contribution in [2.45, 2.75) is 90.0 Å². The van der Waals surface area contributed by atoms with Crippen molar-refractivity contribution in [3.05, 3.63) is 64.5 Å². The van der Waals surface area contributed by atoms with E-state index in [9.17, 15) is 23.1 Å². The lowest BCUT2D eigenvalue weighted by Crippen LogP contribution is -2.61. The number of hydrogen-bond acceptors (Lipinski definition) is 4. The molecule has 2 fully saturated rings. The van der Waals surface area contributed by atoms with Crippen molar-refractivity contribution in [1.29, 1.82) is 0 Å². The van der Waals surface area contributed by atoms with Gasteiger partial charge in [-0.25, -0.2) is 13.9 Å². The standard InChI is InChI=1S/C32H35ClF3N5O3/c1-17-5-4-12-41(17,32(42)43)22-8-6-21(7-9-22)40-19(3)25(16-39-40)20-13-23-24(15-38-30(23)37-14-20)18(2)28-27(44-31(35)36)11-10-26(34)29(28)33/h10-11,13-18,21-22,31H,4-9,12H2,1-3H3,(H-,37,38,42,43)/p+1/t17-,18+,21?,22?,41+/m1/s1. The van der Waals surface area contributed by atoms with E-state index in [0.29, 0.717) is 17.8 Å². The molecule has 0 unspecified atom stereocenters. The van der Waals surface area contributed by atoms with Gasteiger partial charge in [-0.15, -0.1) is 0 Å². The van der Waals surface area contributed by atoms with Crippen molar-refractivity contribution >= 4 is 28.7 Å². The summed E-state index contributed by atoms with van der Waals surface area (Å²) < 4.78 is 47.7. The minimum absolute atomic E-state index is 0.121. The molecule has 8 nitrogen and oxygen atoms in total. The van der Waals surface area contributed by atoms with Gasteiger partial charge >= 0.3 is 12.7 Å². The second-order valence-electron chi connectivity index (χ2n) is 12.2. The summed E-state index contributed by atoms with van der Waals surface area (Å²) in [5.74, 6) is -1.49. The van der Waals surface area contributed by atoms with Gasteiger partial charge in [0.2, 0.25) is 0 Å². The molecule has 1 saturated carbocycles. The Labute approximate surface area is 258 Å². The number of fused-ring (bicyclic) bond motifs is 1. The maximum atomic E-state index is 14.4. The summed E-state index contributed by atoms with van der Waals surface area (Å²) in [4.78, 5) is 20.1. The van der Waals surface area contributed by atoms with Gasteiger partial charge in [-0.05, 0) is 50.5 Å². The summed E-state index contributed by atoms with van der Waals surface area (Å²) in [5, 5.41) is 15.4. The fourth-order valence-corrected chi connectivity index (χ4v) is 8.08. The maximum Gasteiger partial charge on any atom is 0.514 e. The monoisotopic (exact) mass is 630 g/mol. The summed E-state index contributed by atoms with van der Waals surface area (Å²) in [6.07, 6.45) is 9.92. The van der Waals surface area contributed by atoms with E-state index in [1.54, 1.807) is 19.3 Å². The molecule has 4 heterocycles. The van der Waals surface area contributed by atoms with Gasteiger partial charge in [-0.2, -0.15) is 18.7 Å². The Morgan fingerprint density at radius 1 is 1.20 bits per heavy atom. The van der Waals surface area contributed by atoms with Gasteiger partial charge in [-0.1, -0.05) is 18.5 Å². The zero-order valence-corrected chi connectivity index (χ0v) is 25.6. The normalized spacial score (nSPS) is 24.7. The number of carboxylic acid groups (broad SMARTS) is 1. The van der Waals surface area contributed by atoms with E-state index >= 15 is 0 Å². The SMILES string of the molecule is Cc1c(-c2cnc3[nH]cc([C@H](C)c4c(OC(F)F)ccc(F)c4Cl)c3c2)cnn1C1CCC([N@+]2(C(=O)O)CCC[C@H]2C)CC1. The van der Waals surface area contributed by atoms with Crippen molar-refractivity contribution in [3.63, 3.8) is 0 Å². The Kier molecular flexibility index (Phi) is 8.13. The molecule has 1 aliphatic carbocycles. The quantitative estimate of drug-likeness (QED) is 0.200. The first-order valence-corrected chi connectivity index (χ1v) is 15.5. The average Bonchev–Trinajstić information content (AvgIpc) is 3.71. The molecular formula is C32H36ClF3N5O3+. The molecule has 6 rings (SSSR count). The summed E-state index contributed by atoms with van der Waals surface area (Å²) in [6.45, 7) is 3.47. The first-order valence-electron chi connectivity index (χ1n) is 15.1. The molecule has 0 radical (unpaired) electrons. The second-order valence-corrected chi connectivity index (χ2v) is 12.6. The highest BCUT2D eigenvalue weighted by atomic mass is 35.5. The molecule has 3 atom stereocenters. The van der Waals surface area contributed by atoms with Crippen LogP contribution in [0.25, 0.3) is 22.2 Å². The molecule has 1 amide bonds. The van der Waals surface area contributed by atoms with Crippen LogP contribution in [0, 0.1) is 12.7 Å². The van der Waals surface area contributed by atoms with E-state index < -0.39 is 24.4 Å². The number of halogens is 4. The number of benzene rings is 1. The van der Waals surface area contributed by atoms with Gasteiger partial charge in [0, 0.05) is 71.8 Å². The van der Waals surface area contributed by atoms with Crippen LogP contribution in [0.1, 0.15) is 81.2 Å². The third kappa shape index (κ3) is 5.03. The largest absolute Gasteiger partial charge is 0.514 e. The number of hydrogen-bond donors (Lipinski definition) is 2. The lowest BCUT2D eigenvalue weighted by molar-refractivity contribution is -0.893. The number of alkyl halides is 2. The molecule has 4 aromatic rings. The number of nitrogens with zero attached hydrogens (tertiary/aromatic N) is 4.